The summed E-state index contributed by atoms with van der Waals surface area (Å²) in [5.74, 6) is -0.606. The molecular weight excluding hydrogens is 160 g/mol. The van der Waals surface area contributed by atoms with Crippen molar-refractivity contribution in [3.8, 4) is 0 Å². The van der Waals surface area contributed by atoms with Crippen molar-refractivity contribution in [3.05, 3.63) is 0 Å². The number of carbonyl (C=O) groups excluding carboxylic acids is 1. The Bertz CT molecular complexity index is 131. The predicted octanol–water partition coefficient (Wildman–Crippen LogP) is 0.335. The van der Waals surface area contributed by atoms with Crippen LogP contribution in [0.15, 0.2) is 0 Å². The molecule has 4 nitrogen and oxygen atoms in total. The van der Waals surface area contributed by atoms with Crippen LogP contribution in [0.4, 0.5) is 0 Å². The van der Waals surface area contributed by atoms with Gasteiger partial charge < -0.3 is 14.6 Å². The minimum Gasteiger partial charge on any atom is -0.467 e. The summed E-state index contributed by atoms with van der Waals surface area (Å²) in [6.45, 7) is 1.93. The molecule has 0 amide bonds. The molecule has 0 heterocycles. The smallest absolute Gasteiger partial charge is 0.334 e. The summed E-state index contributed by atoms with van der Waals surface area (Å²) in [6, 6.07) is 0. The van der Waals surface area contributed by atoms with Crippen molar-refractivity contribution in [1.82, 2.24) is 0 Å². The third-order valence-electron chi connectivity index (χ3n) is 1.75. The molecule has 4 heteroatoms. The van der Waals surface area contributed by atoms with Gasteiger partial charge in [-0.1, -0.05) is 6.92 Å². The van der Waals surface area contributed by atoms with E-state index in [1.54, 1.807) is 7.11 Å². The Labute approximate surface area is 72.5 Å². The SMILES string of the molecule is CCC(CC(O)C(=O)OC)OC. The van der Waals surface area contributed by atoms with E-state index in [2.05, 4.69) is 4.74 Å². The van der Waals surface area contributed by atoms with Crippen molar-refractivity contribution in [2.45, 2.75) is 32.0 Å². The average molecular weight is 176 g/mol. The Kier molecular flexibility index (Phi) is 5.66. The van der Waals surface area contributed by atoms with Crippen molar-refractivity contribution in [2.24, 2.45) is 0 Å². The van der Waals surface area contributed by atoms with Crippen LogP contribution in [0.25, 0.3) is 0 Å². The Hall–Kier alpha value is -0.610. The highest BCUT2D eigenvalue weighted by molar-refractivity contribution is 5.74. The second-order valence-electron chi connectivity index (χ2n) is 2.54. The molecule has 0 saturated heterocycles. The molecule has 0 aliphatic rings. The monoisotopic (exact) mass is 176 g/mol. The maximum Gasteiger partial charge on any atom is 0.334 e. The van der Waals surface area contributed by atoms with Gasteiger partial charge in [-0.05, 0) is 6.42 Å². The highest BCUT2D eigenvalue weighted by atomic mass is 16.5. The van der Waals surface area contributed by atoms with Gasteiger partial charge in [-0.3, -0.25) is 0 Å². The summed E-state index contributed by atoms with van der Waals surface area (Å²) in [4.78, 5) is 10.8. The third kappa shape index (κ3) is 3.69. The molecular formula is C8H16O4. The van der Waals surface area contributed by atoms with Gasteiger partial charge in [0.2, 0.25) is 0 Å². The van der Waals surface area contributed by atoms with E-state index in [1.165, 1.54) is 7.11 Å². The number of aliphatic hydroxyl groups is 1. The highest BCUT2D eigenvalue weighted by Gasteiger charge is 2.19. The standard InChI is InChI=1S/C8H16O4/c1-4-6(11-2)5-7(9)8(10)12-3/h6-7,9H,4-5H2,1-3H3. The number of methoxy groups -OCH3 is 2. The molecule has 0 bridgehead atoms. The largest absolute Gasteiger partial charge is 0.467 e. The molecule has 72 valence electrons. The molecule has 0 radical (unpaired) electrons. The number of hydrogen-bond acceptors (Lipinski definition) is 4. The molecule has 0 aliphatic carbocycles. The fraction of sp³-hybridized carbons (Fsp3) is 0.875. The van der Waals surface area contributed by atoms with Gasteiger partial charge in [-0.2, -0.15) is 0 Å². The van der Waals surface area contributed by atoms with Gasteiger partial charge in [-0.15, -0.1) is 0 Å². The van der Waals surface area contributed by atoms with E-state index in [4.69, 9.17) is 4.74 Å². The zero-order valence-electron chi connectivity index (χ0n) is 7.74. The van der Waals surface area contributed by atoms with Gasteiger partial charge in [0.05, 0.1) is 13.2 Å². The lowest BCUT2D eigenvalue weighted by Gasteiger charge is -2.15. The van der Waals surface area contributed by atoms with Gasteiger partial charge in [0, 0.05) is 13.5 Å². The van der Waals surface area contributed by atoms with Crippen LogP contribution in [0.2, 0.25) is 0 Å². The molecule has 0 spiro atoms. The lowest BCUT2D eigenvalue weighted by molar-refractivity contribution is -0.152. The summed E-state index contributed by atoms with van der Waals surface area (Å²) < 4.78 is 9.35. The van der Waals surface area contributed by atoms with Crippen LogP contribution >= 0.6 is 0 Å². The van der Waals surface area contributed by atoms with E-state index in [1.807, 2.05) is 6.92 Å². The molecule has 0 saturated carbocycles. The van der Waals surface area contributed by atoms with Gasteiger partial charge >= 0.3 is 5.97 Å². The summed E-state index contributed by atoms with van der Waals surface area (Å²) >= 11 is 0. The first-order valence-electron chi connectivity index (χ1n) is 3.94. The van der Waals surface area contributed by atoms with E-state index >= 15 is 0 Å². The second kappa shape index (κ2) is 5.97. The number of rotatable bonds is 5. The number of ether oxygens (including phenoxy) is 2. The van der Waals surface area contributed by atoms with Crippen LogP contribution in [0.3, 0.4) is 0 Å². The van der Waals surface area contributed by atoms with Gasteiger partial charge in [0.25, 0.3) is 0 Å². The molecule has 0 rings (SSSR count). The molecule has 0 aromatic carbocycles. The molecule has 0 aromatic heterocycles. The fourth-order valence-electron chi connectivity index (χ4n) is 0.911. The summed E-state index contributed by atoms with van der Waals surface area (Å²) in [5, 5.41) is 9.20. The van der Waals surface area contributed by atoms with E-state index in [0.717, 1.165) is 6.42 Å². The number of esters is 1. The number of carbonyl (C=O) groups is 1. The summed E-state index contributed by atoms with van der Waals surface area (Å²) in [5.41, 5.74) is 0. The second-order valence-corrected chi connectivity index (χ2v) is 2.54. The first kappa shape index (κ1) is 11.4. The lowest BCUT2D eigenvalue weighted by atomic mass is 10.1. The van der Waals surface area contributed by atoms with Gasteiger partial charge in [0.1, 0.15) is 0 Å². The predicted molar refractivity (Wildman–Crippen MR) is 43.7 cm³/mol. The van der Waals surface area contributed by atoms with Crippen molar-refractivity contribution >= 4 is 5.97 Å². The van der Waals surface area contributed by atoms with Crippen LogP contribution in [-0.2, 0) is 14.3 Å². The molecule has 0 aliphatic heterocycles. The Morgan fingerprint density at radius 3 is 2.42 bits per heavy atom. The lowest BCUT2D eigenvalue weighted by Crippen LogP contribution is -2.27. The van der Waals surface area contributed by atoms with E-state index in [0.29, 0.717) is 6.42 Å². The zero-order chi connectivity index (χ0) is 9.56. The zero-order valence-corrected chi connectivity index (χ0v) is 7.74. The van der Waals surface area contributed by atoms with Crippen LogP contribution in [0, 0.1) is 0 Å². The molecule has 0 fully saturated rings. The van der Waals surface area contributed by atoms with Crippen LogP contribution in [0.1, 0.15) is 19.8 Å². The molecule has 1 N–H and O–H groups in total. The number of aliphatic hydroxyl groups excluding tert-OH is 1. The minimum absolute atomic E-state index is 0.0842. The number of hydrogen-bond donors (Lipinski definition) is 1. The van der Waals surface area contributed by atoms with E-state index in [9.17, 15) is 9.90 Å². The maximum absolute atomic E-state index is 10.8. The first-order chi connectivity index (χ1) is 5.65. The molecule has 0 aromatic rings. The van der Waals surface area contributed by atoms with Crippen LogP contribution in [0.5, 0.6) is 0 Å². The van der Waals surface area contributed by atoms with Gasteiger partial charge in [0.15, 0.2) is 6.10 Å². The molecule has 2 atom stereocenters. The summed E-state index contributed by atoms with van der Waals surface area (Å²) in [7, 11) is 2.80. The Morgan fingerprint density at radius 1 is 1.50 bits per heavy atom. The highest BCUT2D eigenvalue weighted by Crippen LogP contribution is 2.06. The first-order valence-corrected chi connectivity index (χ1v) is 3.94. The Balaban J connectivity index is 3.80. The maximum atomic E-state index is 10.8. The molecule has 12 heavy (non-hydrogen) atoms. The van der Waals surface area contributed by atoms with Crippen molar-refractivity contribution < 1.29 is 19.4 Å². The normalized spacial score (nSPS) is 15.3. The molecule has 2 unspecified atom stereocenters. The fourth-order valence-corrected chi connectivity index (χ4v) is 0.911. The van der Waals surface area contributed by atoms with E-state index < -0.39 is 12.1 Å². The van der Waals surface area contributed by atoms with E-state index in [-0.39, 0.29) is 6.10 Å². The summed E-state index contributed by atoms with van der Waals surface area (Å²) in [6.07, 6.45) is -0.0940. The van der Waals surface area contributed by atoms with Crippen molar-refractivity contribution in [2.75, 3.05) is 14.2 Å². The topological polar surface area (TPSA) is 55.8 Å². The van der Waals surface area contributed by atoms with Crippen molar-refractivity contribution in [1.29, 1.82) is 0 Å². The minimum atomic E-state index is -1.07. The quantitative estimate of drug-likeness (QED) is 0.613. The van der Waals surface area contributed by atoms with Crippen molar-refractivity contribution in [3.63, 3.8) is 0 Å². The Morgan fingerprint density at radius 2 is 2.08 bits per heavy atom. The average Bonchev–Trinajstić information content (AvgIpc) is 2.12. The van der Waals surface area contributed by atoms with Gasteiger partial charge in [-0.25, -0.2) is 4.79 Å². The van der Waals surface area contributed by atoms with Crippen LogP contribution in [-0.4, -0.2) is 37.5 Å². The van der Waals surface area contributed by atoms with Crippen LogP contribution < -0.4 is 0 Å². The third-order valence-corrected chi connectivity index (χ3v) is 1.75.